The summed E-state index contributed by atoms with van der Waals surface area (Å²) in [5.41, 5.74) is -0.489. The number of rotatable bonds is 4. The smallest absolute Gasteiger partial charge is 0.300 e. The summed E-state index contributed by atoms with van der Waals surface area (Å²) in [6.45, 7) is 1.53. The first-order valence-corrected chi connectivity index (χ1v) is 7.61. The van der Waals surface area contributed by atoms with Crippen molar-refractivity contribution in [3.05, 3.63) is 29.0 Å². The molecule has 2 heterocycles. The Morgan fingerprint density at radius 1 is 1.50 bits per heavy atom. The SMILES string of the molecule is CC(C(=O)Nc1nccs1)n1nc(C(F)(F)F)cc1C1CC1. The molecule has 0 aromatic carbocycles. The van der Waals surface area contributed by atoms with Crippen LogP contribution in [0.5, 0.6) is 0 Å². The first-order valence-electron chi connectivity index (χ1n) is 6.73. The van der Waals surface area contributed by atoms with Crippen LogP contribution < -0.4 is 5.32 Å². The van der Waals surface area contributed by atoms with E-state index >= 15 is 0 Å². The van der Waals surface area contributed by atoms with Crippen LogP contribution in [-0.4, -0.2) is 20.7 Å². The fourth-order valence-electron chi connectivity index (χ4n) is 2.15. The molecular weight excluding hydrogens is 317 g/mol. The quantitative estimate of drug-likeness (QED) is 0.934. The summed E-state index contributed by atoms with van der Waals surface area (Å²) in [6, 6.07) is 0.209. The Morgan fingerprint density at radius 2 is 2.23 bits per heavy atom. The molecule has 0 aliphatic heterocycles. The van der Waals surface area contributed by atoms with Crippen LogP contribution in [0.3, 0.4) is 0 Å². The van der Waals surface area contributed by atoms with Crippen LogP contribution in [0, 0.1) is 0 Å². The van der Waals surface area contributed by atoms with E-state index in [1.807, 2.05) is 0 Å². The van der Waals surface area contributed by atoms with Crippen LogP contribution in [0.15, 0.2) is 17.6 Å². The van der Waals surface area contributed by atoms with Crippen molar-refractivity contribution < 1.29 is 18.0 Å². The van der Waals surface area contributed by atoms with Crippen LogP contribution in [0.1, 0.15) is 43.1 Å². The van der Waals surface area contributed by atoms with E-state index in [2.05, 4.69) is 15.4 Å². The third-order valence-electron chi connectivity index (χ3n) is 3.46. The highest BCUT2D eigenvalue weighted by Crippen LogP contribution is 2.43. The van der Waals surface area contributed by atoms with Crippen LogP contribution in [0.4, 0.5) is 18.3 Å². The molecule has 0 radical (unpaired) electrons. The zero-order valence-corrected chi connectivity index (χ0v) is 12.4. The predicted molar refractivity (Wildman–Crippen MR) is 74.7 cm³/mol. The molecule has 1 atom stereocenters. The molecule has 1 aliphatic rings. The van der Waals surface area contributed by atoms with Gasteiger partial charge < -0.3 is 5.32 Å². The summed E-state index contributed by atoms with van der Waals surface area (Å²) in [5, 5.41) is 8.30. The number of aromatic nitrogens is 3. The summed E-state index contributed by atoms with van der Waals surface area (Å²) in [4.78, 5) is 16.1. The summed E-state index contributed by atoms with van der Waals surface area (Å²) < 4.78 is 39.7. The highest BCUT2D eigenvalue weighted by Gasteiger charge is 2.39. The molecule has 0 spiro atoms. The van der Waals surface area contributed by atoms with Gasteiger partial charge in [0.05, 0.1) is 0 Å². The van der Waals surface area contributed by atoms with Crippen molar-refractivity contribution in [2.24, 2.45) is 0 Å². The van der Waals surface area contributed by atoms with Crippen molar-refractivity contribution in [3.8, 4) is 0 Å². The number of hydrogen-bond donors (Lipinski definition) is 1. The molecule has 1 amide bonds. The molecule has 2 aromatic rings. The zero-order valence-electron chi connectivity index (χ0n) is 11.6. The number of alkyl halides is 3. The number of anilines is 1. The Balaban J connectivity index is 1.86. The van der Waals surface area contributed by atoms with Gasteiger partial charge in [0.2, 0.25) is 0 Å². The van der Waals surface area contributed by atoms with Crippen molar-refractivity contribution in [3.63, 3.8) is 0 Å². The molecule has 2 aromatic heterocycles. The first-order chi connectivity index (χ1) is 10.4. The van der Waals surface area contributed by atoms with Crippen LogP contribution >= 0.6 is 11.3 Å². The largest absolute Gasteiger partial charge is 0.435 e. The van der Waals surface area contributed by atoms with Gasteiger partial charge in [-0.2, -0.15) is 18.3 Å². The van der Waals surface area contributed by atoms with Gasteiger partial charge in [-0.3, -0.25) is 9.48 Å². The van der Waals surface area contributed by atoms with Crippen LogP contribution in [0.2, 0.25) is 0 Å². The Labute approximate surface area is 128 Å². The number of halogens is 3. The highest BCUT2D eigenvalue weighted by molar-refractivity contribution is 7.13. The van der Waals surface area contributed by atoms with Gasteiger partial charge in [0.1, 0.15) is 6.04 Å². The van der Waals surface area contributed by atoms with Crippen molar-refractivity contribution in [1.29, 1.82) is 0 Å². The highest BCUT2D eigenvalue weighted by atomic mass is 32.1. The molecule has 5 nitrogen and oxygen atoms in total. The molecule has 0 bridgehead atoms. The summed E-state index contributed by atoms with van der Waals surface area (Å²) in [6.07, 6.45) is -1.33. The summed E-state index contributed by atoms with van der Waals surface area (Å²) >= 11 is 1.24. The van der Waals surface area contributed by atoms with E-state index in [-0.39, 0.29) is 5.92 Å². The Bertz CT molecular complexity index is 676. The molecule has 3 rings (SSSR count). The Hall–Kier alpha value is -1.90. The average Bonchev–Trinajstić information content (AvgIpc) is 2.99. The number of nitrogens with zero attached hydrogens (tertiary/aromatic N) is 3. The second-order valence-electron chi connectivity index (χ2n) is 5.17. The maximum atomic E-state index is 12.9. The fraction of sp³-hybridized carbons (Fsp3) is 0.462. The topological polar surface area (TPSA) is 59.8 Å². The van der Waals surface area contributed by atoms with Gasteiger partial charge in [-0.25, -0.2) is 4.98 Å². The van der Waals surface area contributed by atoms with Gasteiger partial charge >= 0.3 is 6.18 Å². The standard InChI is InChI=1S/C13H13F3N4OS/c1-7(11(21)18-12-17-4-5-22-12)20-9(8-2-3-8)6-10(19-20)13(14,15)16/h4-8H,2-3H2,1H3,(H,17,18,21). The molecule has 1 N–H and O–H groups in total. The second-order valence-corrected chi connectivity index (χ2v) is 6.07. The normalized spacial score (nSPS) is 16.5. The van der Waals surface area contributed by atoms with E-state index in [1.54, 1.807) is 5.38 Å². The van der Waals surface area contributed by atoms with Gasteiger partial charge in [-0.05, 0) is 25.8 Å². The molecule has 9 heteroatoms. The minimum absolute atomic E-state index is 0.0544. The lowest BCUT2D eigenvalue weighted by molar-refractivity contribution is -0.141. The third kappa shape index (κ3) is 2.99. The van der Waals surface area contributed by atoms with Crippen LogP contribution in [0.25, 0.3) is 0 Å². The molecule has 0 saturated heterocycles. The van der Waals surface area contributed by atoms with Crippen molar-refractivity contribution in [2.75, 3.05) is 5.32 Å². The molecule has 1 fully saturated rings. The molecule has 1 saturated carbocycles. The van der Waals surface area contributed by atoms with E-state index in [1.165, 1.54) is 29.1 Å². The molecule has 22 heavy (non-hydrogen) atoms. The number of amides is 1. The lowest BCUT2D eigenvalue weighted by atomic mass is 10.2. The van der Waals surface area contributed by atoms with E-state index < -0.39 is 23.8 Å². The van der Waals surface area contributed by atoms with E-state index in [0.29, 0.717) is 10.8 Å². The van der Waals surface area contributed by atoms with Gasteiger partial charge in [0.25, 0.3) is 5.91 Å². The molecule has 118 valence electrons. The summed E-state index contributed by atoms with van der Waals surface area (Å²) in [7, 11) is 0. The number of thiazole rings is 1. The fourth-order valence-corrected chi connectivity index (χ4v) is 2.68. The van der Waals surface area contributed by atoms with E-state index in [0.717, 1.165) is 18.9 Å². The monoisotopic (exact) mass is 330 g/mol. The average molecular weight is 330 g/mol. The lowest BCUT2D eigenvalue weighted by Gasteiger charge is -2.14. The molecular formula is C13H13F3N4OS. The van der Waals surface area contributed by atoms with E-state index in [4.69, 9.17) is 0 Å². The second kappa shape index (κ2) is 5.38. The van der Waals surface area contributed by atoms with Crippen molar-refractivity contribution in [1.82, 2.24) is 14.8 Å². The van der Waals surface area contributed by atoms with Gasteiger partial charge in [0.15, 0.2) is 10.8 Å². The van der Waals surface area contributed by atoms with E-state index in [9.17, 15) is 18.0 Å². The number of carbonyl (C=O) groups is 1. The minimum atomic E-state index is -4.51. The van der Waals surface area contributed by atoms with Gasteiger partial charge in [-0.1, -0.05) is 0 Å². The molecule has 1 aliphatic carbocycles. The maximum absolute atomic E-state index is 12.9. The number of carbonyl (C=O) groups excluding carboxylic acids is 1. The lowest BCUT2D eigenvalue weighted by Crippen LogP contribution is -2.26. The third-order valence-corrected chi connectivity index (χ3v) is 4.15. The number of hydrogen-bond acceptors (Lipinski definition) is 4. The summed E-state index contributed by atoms with van der Waals surface area (Å²) in [5.74, 6) is -0.382. The van der Waals surface area contributed by atoms with Gasteiger partial charge in [-0.15, -0.1) is 11.3 Å². The minimum Gasteiger partial charge on any atom is -0.300 e. The van der Waals surface area contributed by atoms with Crippen molar-refractivity contribution in [2.45, 2.75) is 37.9 Å². The van der Waals surface area contributed by atoms with Gasteiger partial charge in [0, 0.05) is 23.2 Å². The van der Waals surface area contributed by atoms with Crippen LogP contribution in [-0.2, 0) is 11.0 Å². The number of nitrogens with one attached hydrogen (secondary N) is 1. The zero-order chi connectivity index (χ0) is 15.9. The Kier molecular flexibility index (Phi) is 3.67. The first kappa shape index (κ1) is 15.0. The Morgan fingerprint density at radius 3 is 2.77 bits per heavy atom. The predicted octanol–water partition coefficient (Wildman–Crippen LogP) is 3.44. The molecule has 1 unspecified atom stereocenters. The maximum Gasteiger partial charge on any atom is 0.435 e. The van der Waals surface area contributed by atoms with Crippen molar-refractivity contribution >= 4 is 22.4 Å².